The van der Waals surface area contributed by atoms with Crippen molar-refractivity contribution in [2.45, 2.75) is 6.42 Å². The second-order valence-corrected chi connectivity index (χ2v) is 3.35. The molecule has 0 saturated carbocycles. The van der Waals surface area contributed by atoms with Crippen molar-refractivity contribution >= 4 is 23.3 Å². The molecule has 0 heterocycles. The first-order valence-corrected chi connectivity index (χ1v) is 5.13. The predicted octanol–water partition coefficient (Wildman–Crippen LogP) is 1.33. The minimum absolute atomic E-state index is 0.0301. The molecule has 0 aliphatic carbocycles. The van der Waals surface area contributed by atoms with Gasteiger partial charge in [0.1, 0.15) is 0 Å². The summed E-state index contributed by atoms with van der Waals surface area (Å²) in [5.41, 5.74) is 6.22. The number of hydrogen-bond acceptors (Lipinski definition) is 2. The van der Waals surface area contributed by atoms with Crippen molar-refractivity contribution in [3.8, 4) is 11.8 Å². The van der Waals surface area contributed by atoms with Gasteiger partial charge in [-0.3, -0.25) is 9.59 Å². The number of hydrogen-bond donors (Lipinski definition) is 1. The van der Waals surface area contributed by atoms with Gasteiger partial charge in [-0.15, -0.1) is 11.6 Å². The Bertz CT molecular complexity index is 454. The quantitative estimate of drug-likeness (QED) is 0.488. The van der Waals surface area contributed by atoms with Crippen LogP contribution >= 0.6 is 11.6 Å². The minimum atomic E-state index is -0.457. The van der Waals surface area contributed by atoms with Crippen molar-refractivity contribution in [1.29, 1.82) is 0 Å². The number of halogens is 1. The van der Waals surface area contributed by atoms with Crippen molar-refractivity contribution in [1.82, 2.24) is 0 Å². The molecular weight excluding hydrogens is 226 g/mol. The van der Waals surface area contributed by atoms with Gasteiger partial charge in [-0.1, -0.05) is 24.0 Å². The van der Waals surface area contributed by atoms with Crippen LogP contribution in [-0.4, -0.2) is 17.6 Å². The van der Waals surface area contributed by atoms with Gasteiger partial charge in [-0.05, 0) is 12.1 Å². The van der Waals surface area contributed by atoms with E-state index >= 15 is 0 Å². The Morgan fingerprint density at radius 3 is 2.38 bits per heavy atom. The topological polar surface area (TPSA) is 60.2 Å². The fourth-order valence-electron chi connectivity index (χ4n) is 1.05. The Hall–Kier alpha value is -1.79. The van der Waals surface area contributed by atoms with Gasteiger partial charge in [0.05, 0.1) is 12.3 Å². The molecule has 3 nitrogen and oxygen atoms in total. The number of nitrogens with two attached hydrogens (primary N) is 1. The van der Waals surface area contributed by atoms with E-state index in [0.717, 1.165) is 5.56 Å². The average molecular weight is 236 g/mol. The van der Waals surface area contributed by atoms with E-state index in [1.165, 1.54) is 0 Å². The predicted molar refractivity (Wildman–Crippen MR) is 62.2 cm³/mol. The third kappa shape index (κ3) is 3.76. The molecule has 0 spiro atoms. The average Bonchev–Trinajstić information content (AvgIpc) is 2.28. The molecule has 1 amide bonds. The lowest BCUT2D eigenvalue weighted by molar-refractivity contribution is -0.117. The number of benzene rings is 1. The van der Waals surface area contributed by atoms with Crippen LogP contribution in [0.3, 0.4) is 0 Å². The maximum Gasteiger partial charge on any atom is 0.229 e. The number of primary amides is 1. The lowest BCUT2D eigenvalue weighted by Gasteiger charge is -1.96. The first-order chi connectivity index (χ1) is 7.63. The van der Waals surface area contributed by atoms with E-state index in [1.807, 2.05) is 0 Å². The van der Waals surface area contributed by atoms with Gasteiger partial charge in [0, 0.05) is 11.1 Å². The molecule has 0 unspecified atom stereocenters. The Labute approximate surface area is 98.6 Å². The number of rotatable bonds is 3. The maximum atomic E-state index is 11.2. The minimum Gasteiger partial charge on any atom is -0.369 e. The highest BCUT2D eigenvalue weighted by molar-refractivity contribution is 6.30. The zero-order valence-electron chi connectivity index (χ0n) is 8.50. The zero-order valence-corrected chi connectivity index (χ0v) is 9.25. The lowest BCUT2D eigenvalue weighted by atomic mass is 10.1. The van der Waals surface area contributed by atoms with Crippen LogP contribution < -0.4 is 5.73 Å². The van der Waals surface area contributed by atoms with E-state index in [4.69, 9.17) is 17.3 Å². The normalized spacial score (nSPS) is 9.06. The Morgan fingerprint density at radius 2 is 1.88 bits per heavy atom. The van der Waals surface area contributed by atoms with Crippen molar-refractivity contribution in [3.63, 3.8) is 0 Å². The van der Waals surface area contributed by atoms with Gasteiger partial charge >= 0.3 is 0 Å². The first-order valence-electron chi connectivity index (χ1n) is 4.60. The Morgan fingerprint density at radius 1 is 1.25 bits per heavy atom. The second kappa shape index (κ2) is 5.94. The molecule has 82 valence electrons. The van der Waals surface area contributed by atoms with Crippen molar-refractivity contribution < 1.29 is 9.59 Å². The molecule has 0 fully saturated rings. The summed E-state index contributed by atoms with van der Waals surface area (Å²) in [7, 11) is 0. The molecule has 1 aromatic carbocycles. The van der Waals surface area contributed by atoms with Crippen molar-refractivity contribution in [2.75, 3.05) is 5.88 Å². The van der Waals surface area contributed by atoms with Gasteiger partial charge in [0.15, 0.2) is 5.78 Å². The van der Waals surface area contributed by atoms with Gasteiger partial charge < -0.3 is 5.73 Å². The number of alkyl halides is 1. The number of ketones is 1. The van der Waals surface area contributed by atoms with Crippen molar-refractivity contribution in [2.24, 2.45) is 5.73 Å². The van der Waals surface area contributed by atoms with Crippen molar-refractivity contribution in [3.05, 3.63) is 35.4 Å². The summed E-state index contributed by atoms with van der Waals surface area (Å²) in [5, 5.41) is 0. The Kier molecular flexibility index (Phi) is 4.56. The summed E-state index contributed by atoms with van der Waals surface area (Å²) in [4.78, 5) is 21.6. The number of amides is 1. The number of carbonyl (C=O) groups excluding carboxylic acids is 2. The fraction of sp³-hybridized carbons (Fsp3) is 0.167. The van der Waals surface area contributed by atoms with Crippen LogP contribution in [0.4, 0.5) is 0 Å². The van der Waals surface area contributed by atoms with Gasteiger partial charge in [0.2, 0.25) is 5.91 Å². The van der Waals surface area contributed by atoms with E-state index in [9.17, 15) is 9.59 Å². The molecule has 1 aromatic rings. The first kappa shape index (κ1) is 12.3. The maximum absolute atomic E-state index is 11.2. The van der Waals surface area contributed by atoms with Crippen LogP contribution in [0, 0.1) is 11.8 Å². The van der Waals surface area contributed by atoms with E-state index in [1.54, 1.807) is 24.3 Å². The van der Waals surface area contributed by atoms with Gasteiger partial charge in [-0.25, -0.2) is 0 Å². The zero-order chi connectivity index (χ0) is 12.0. The van der Waals surface area contributed by atoms with Gasteiger partial charge in [0.25, 0.3) is 0 Å². The summed E-state index contributed by atoms with van der Waals surface area (Å²) in [6.45, 7) is 0. The highest BCUT2D eigenvalue weighted by atomic mass is 35.5. The molecule has 0 aromatic heterocycles. The molecule has 0 bridgehead atoms. The summed E-state index contributed by atoms with van der Waals surface area (Å²) < 4.78 is 0. The number of Topliss-reactive ketones (excluding diaryl/α,β-unsaturated/α-hetero) is 1. The molecule has 0 saturated heterocycles. The molecule has 16 heavy (non-hydrogen) atoms. The highest BCUT2D eigenvalue weighted by Crippen LogP contribution is 2.05. The van der Waals surface area contributed by atoms with Crippen LogP contribution in [0.1, 0.15) is 22.3 Å². The van der Waals surface area contributed by atoms with E-state index in [0.29, 0.717) is 5.56 Å². The van der Waals surface area contributed by atoms with Crippen LogP contribution in [0.25, 0.3) is 0 Å². The molecular formula is C12H10ClNO2. The third-order valence-corrected chi connectivity index (χ3v) is 2.07. The van der Waals surface area contributed by atoms with E-state index in [-0.39, 0.29) is 18.1 Å². The summed E-state index contributed by atoms with van der Waals surface area (Å²) in [6.07, 6.45) is 0.0301. The van der Waals surface area contributed by atoms with E-state index < -0.39 is 5.91 Å². The molecule has 2 N–H and O–H groups in total. The standard InChI is InChI=1S/C12H10ClNO2/c13-8-11(15)10-6-4-9(5-7-10)2-1-3-12(14)16/h4-7H,3,8H2,(H2,14,16). The largest absolute Gasteiger partial charge is 0.369 e. The van der Waals surface area contributed by atoms with Crippen LogP contribution in [-0.2, 0) is 4.79 Å². The fourth-order valence-corrected chi connectivity index (χ4v) is 1.20. The SMILES string of the molecule is NC(=O)CC#Cc1ccc(C(=O)CCl)cc1. The molecule has 0 atom stereocenters. The van der Waals surface area contributed by atoms with Crippen LogP contribution in [0.15, 0.2) is 24.3 Å². The molecule has 0 aliphatic rings. The second-order valence-electron chi connectivity index (χ2n) is 3.08. The summed E-state index contributed by atoms with van der Waals surface area (Å²) >= 11 is 5.42. The molecule has 0 aliphatic heterocycles. The van der Waals surface area contributed by atoms with E-state index in [2.05, 4.69) is 11.8 Å². The number of carbonyl (C=O) groups is 2. The third-order valence-electron chi connectivity index (χ3n) is 1.82. The van der Waals surface area contributed by atoms with Gasteiger partial charge in [-0.2, -0.15) is 0 Å². The molecule has 4 heteroatoms. The summed E-state index contributed by atoms with van der Waals surface area (Å²) in [5.74, 6) is 4.77. The monoisotopic (exact) mass is 235 g/mol. The smallest absolute Gasteiger partial charge is 0.229 e. The highest BCUT2D eigenvalue weighted by Gasteiger charge is 2.02. The van der Waals surface area contributed by atoms with Crippen LogP contribution in [0.2, 0.25) is 0 Å². The molecule has 1 rings (SSSR count). The Balaban J connectivity index is 2.74. The lowest BCUT2D eigenvalue weighted by Crippen LogP contribution is -2.08. The summed E-state index contributed by atoms with van der Waals surface area (Å²) in [6, 6.07) is 6.71. The van der Waals surface area contributed by atoms with Crippen LogP contribution in [0.5, 0.6) is 0 Å². The molecule has 0 radical (unpaired) electrons.